The summed E-state index contributed by atoms with van der Waals surface area (Å²) in [5.74, 6) is 0.747. The minimum atomic E-state index is 0.446. The van der Waals surface area contributed by atoms with Crippen LogP contribution in [0.2, 0.25) is 0 Å². The normalized spacial score (nSPS) is 24.1. The molecule has 0 aliphatic heterocycles. The lowest BCUT2D eigenvalue weighted by atomic mass is 9.65. The molecule has 0 radical (unpaired) electrons. The molecule has 0 saturated heterocycles. The molecular weight excluding hydrogens is 300 g/mol. The van der Waals surface area contributed by atoms with Gasteiger partial charge in [0.25, 0.3) is 0 Å². The first-order valence-corrected chi connectivity index (χ1v) is 8.10. The molecule has 0 spiro atoms. The van der Waals surface area contributed by atoms with Crippen LogP contribution in [-0.2, 0) is 6.42 Å². The van der Waals surface area contributed by atoms with Crippen LogP contribution in [-0.4, -0.2) is 18.1 Å². The van der Waals surface area contributed by atoms with Crippen molar-refractivity contribution >= 4 is 15.9 Å². The first-order chi connectivity index (χ1) is 9.03. The molecule has 106 valence electrons. The molecule has 1 aromatic heterocycles. The number of aromatic nitrogens is 1. The number of nitrogens with zero attached hydrogens (tertiary/aromatic N) is 1. The van der Waals surface area contributed by atoms with Gasteiger partial charge in [-0.05, 0) is 59.3 Å². The molecule has 2 atom stereocenters. The number of hydrogen-bond acceptors (Lipinski definition) is 2. The predicted molar refractivity (Wildman–Crippen MR) is 84.2 cm³/mol. The maximum atomic E-state index is 4.52. The third-order valence-corrected chi connectivity index (χ3v) is 5.13. The fourth-order valence-electron chi connectivity index (χ4n) is 3.46. The van der Waals surface area contributed by atoms with E-state index in [0.717, 1.165) is 16.8 Å². The summed E-state index contributed by atoms with van der Waals surface area (Å²) < 4.78 is 1.05. The van der Waals surface area contributed by atoms with E-state index in [1.165, 1.54) is 31.4 Å². The van der Waals surface area contributed by atoms with Gasteiger partial charge in [-0.1, -0.05) is 26.7 Å². The van der Waals surface area contributed by atoms with Gasteiger partial charge in [-0.15, -0.1) is 0 Å². The second kappa shape index (κ2) is 6.36. The van der Waals surface area contributed by atoms with E-state index in [1.807, 2.05) is 6.20 Å². The number of rotatable bonds is 4. The van der Waals surface area contributed by atoms with Crippen LogP contribution in [0.3, 0.4) is 0 Å². The van der Waals surface area contributed by atoms with E-state index in [4.69, 9.17) is 0 Å². The summed E-state index contributed by atoms with van der Waals surface area (Å²) in [5.41, 5.74) is 1.63. The SMILES string of the molecule is CNC(Cc1ccc(Br)cn1)C1CCCCC1(C)C. The summed E-state index contributed by atoms with van der Waals surface area (Å²) in [5, 5.41) is 3.54. The van der Waals surface area contributed by atoms with E-state index in [9.17, 15) is 0 Å². The van der Waals surface area contributed by atoms with Gasteiger partial charge in [0.2, 0.25) is 0 Å². The van der Waals surface area contributed by atoms with Crippen LogP contribution in [0.1, 0.15) is 45.2 Å². The number of halogens is 1. The zero-order valence-electron chi connectivity index (χ0n) is 12.2. The fourth-order valence-corrected chi connectivity index (χ4v) is 3.70. The summed E-state index contributed by atoms with van der Waals surface area (Å²) in [6.07, 6.45) is 8.38. The quantitative estimate of drug-likeness (QED) is 0.898. The lowest BCUT2D eigenvalue weighted by Gasteiger charge is -2.43. The molecular formula is C16H25BrN2. The number of nitrogens with one attached hydrogen (secondary N) is 1. The lowest BCUT2D eigenvalue weighted by Crippen LogP contribution is -2.44. The summed E-state index contributed by atoms with van der Waals surface area (Å²) >= 11 is 3.45. The van der Waals surface area contributed by atoms with Crippen LogP contribution in [0, 0.1) is 11.3 Å². The molecule has 0 bridgehead atoms. The Morgan fingerprint density at radius 1 is 1.42 bits per heavy atom. The molecule has 0 amide bonds. The zero-order chi connectivity index (χ0) is 13.9. The summed E-state index contributed by atoms with van der Waals surface area (Å²) in [4.78, 5) is 4.52. The van der Waals surface area contributed by atoms with E-state index in [-0.39, 0.29) is 0 Å². The van der Waals surface area contributed by atoms with Crippen LogP contribution in [0.5, 0.6) is 0 Å². The van der Waals surface area contributed by atoms with Crippen LogP contribution >= 0.6 is 15.9 Å². The minimum absolute atomic E-state index is 0.446. The van der Waals surface area contributed by atoms with Gasteiger partial charge in [-0.2, -0.15) is 0 Å². The van der Waals surface area contributed by atoms with Gasteiger partial charge >= 0.3 is 0 Å². The van der Waals surface area contributed by atoms with Crippen LogP contribution in [0.4, 0.5) is 0 Å². The van der Waals surface area contributed by atoms with Crippen LogP contribution in [0.25, 0.3) is 0 Å². The third kappa shape index (κ3) is 3.79. The van der Waals surface area contributed by atoms with Gasteiger partial charge in [-0.3, -0.25) is 4.98 Å². The standard InChI is InChI=1S/C16H25BrN2/c1-16(2)9-5-4-6-14(16)15(18-3)10-13-8-7-12(17)11-19-13/h7-8,11,14-15,18H,4-6,9-10H2,1-3H3. The van der Waals surface area contributed by atoms with E-state index in [1.54, 1.807) is 0 Å². The molecule has 1 aromatic rings. The largest absolute Gasteiger partial charge is 0.316 e. The predicted octanol–water partition coefficient (Wildman–Crippen LogP) is 4.19. The Labute approximate surface area is 125 Å². The summed E-state index contributed by atoms with van der Waals surface area (Å²) in [6, 6.07) is 4.75. The van der Waals surface area contributed by atoms with Gasteiger partial charge in [-0.25, -0.2) is 0 Å². The number of likely N-dealkylation sites (N-methyl/N-ethyl adjacent to an activating group) is 1. The molecule has 1 N–H and O–H groups in total. The molecule has 2 rings (SSSR count). The van der Waals surface area contributed by atoms with E-state index in [0.29, 0.717) is 11.5 Å². The highest BCUT2D eigenvalue weighted by molar-refractivity contribution is 9.10. The number of pyridine rings is 1. The Morgan fingerprint density at radius 3 is 2.79 bits per heavy atom. The maximum absolute atomic E-state index is 4.52. The van der Waals surface area contributed by atoms with Crippen molar-refractivity contribution in [1.82, 2.24) is 10.3 Å². The van der Waals surface area contributed by atoms with Crippen molar-refractivity contribution in [3.8, 4) is 0 Å². The van der Waals surface area contributed by atoms with Gasteiger partial charge in [0.15, 0.2) is 0 Å². The average Bonchev–Trinajstić information content (AvgIpc) is 2.38. The Morgan fingerprint density at radius 2 is 2.21 bits per heavy atom. The molecule has 2 unspecified atom stereocenters. The van der Waals surface area contributed by atoms with Crippen molar-refractivity contribution in [3.63, 3.8) is 0 Å². The van der Waals surface area contributed by atoms with Gasteiger partial charge in [0, 0.05) is 28.8 Å². The van der Waals surface area contributed by atoms with Gasteiger partial charge in [0.05, 0.1) is 0 Å². The average molecular weight is 325 g/mol. The lowest BCUT2D eigenvalue weighted by molar-refractivity contribution is 0.101. The van der Waals surface area contributed by atoms with Crippen molar-refractivity contribution < 1.29 is 0 Å². The third-order valence-electron chi connectivity index (χ3n) is 4.66. The number of hydrogen-bond donors (Lipinski definition) is 1. The second-order valence-electron chi connectivity index (χ2n) is 6.41. The maximum Gasteiger partial charge on any atom is 0.0420 e. The zero-order valence-corrected chi connectivity index (χ0v) is 13.8. The van der Waals surface area contributed by atoms with E-state index < -0.39 is 0 Å². The molecule has 1 aliphatic carbocycles. The van der Waals surface area contributed by atoms with Gasteiger partial charge in [0.1, 0.15) is 0 Å². The fraction of sp³-hybridized carbons (Fsp3) is 0.688. The Balaban J connectivity index is 2.08. The molecule has 1 saturated carbocycles. The van der Waals surface area contributed by atoms with E-state index in [2.05, 4.69) is 59.3 Å². The van der Waals surface area contributed by atoms with Crippen molar-refractivity contribution in [2.45, 2.75) is 52.0 Å². The van der Waals surface area contributed by atoms with Crippen molar-refractivity contribution in [2.24, 2.45) is 11.3 Å². The minimum Gasteiger partial charge on any atom is -0.316 e. The molecule has 1 aliphatic rings. The van der Waals surface area contributed by atoms with Crippen molar-refractivity contribution in [1.29, 1.82) is 0 Å². The van der Waals surface area contributed by atoms with Crippen molar-refractivity contribution in [3.05, 3.63) is 28.5 Å². The first kappa shape index (κ1) is 15.0. The Hall–Kier alpha value is -0.410. The van der Waals surface area contributed by atoms with Crippen molar-refractivity contribution in [2.75, 3.05) is 7.05 Å². The van der Waals surface area contributed by atoms with Crippen LogP contribution < -0.4 is 5.32 Å². The topological polar surface area (TPSA) is 24.9 Å². The molecule has 19 heavy (non-hydrogen) atoms. The molecule has 1 fully saturated rings. The highest BCUT2D eigenvalue weighted by Crippen LogP contribution is 2.42. The smallest absolute Gasteiger partial charge is 0.0420 e. The second-order valence-corrected chi connectivity index (χ2v) is 7.32. The van der Waals surface area contributed by atoms with Gasteiger partial charge < -0.3 is 5.32 Å². The molecule has 0 aromatic carbocycles. The Kier molecular flexibility index (Phi) is 5.02. The molecule has 2 nitrogen and oxygen atoms in total. The molecule has 1 heterocycles. The highest BCUT2D eigenvalue weighted by atomic mass is 79.9. The van der Waals surface area contributed by atoms with E-state index >= 15 is 0 Å². The Bertz CT molecular complexity index is 400. The highest BCUT2D eigenvalue weighted by Gasteiger charge is 2.36. The first-order valence-electron chi connectivity index (χ1n) is 7.30. The summed E-state index contributed by atoms with van der Waals surface area (Å²) in [6.45, 7) is 4.85. The summed E-state index contributed by atoms with van der Waals surface area (Å²) in [7, 11) is 2.09. The monoisotopic (exact) mass is 324 g/mol. The molecule has 3 heteroatoms. The van der Waals surface area contributed by atoms with Crippen LogP contribution in [0.15, 0.2) is 22.8 Å².